The van der Waals surface area contributed by atoms with Crippen LogP contribution >= 0.6 is 0 Å². The molecule has 0 spiro atoms. The van der Waals surface area contributed by atoms with Gasteiger partial charge >= 0.3 is 0 Å². The molecule has 0 aromatic heterocycles. The number of hydrogen-bond donors (Lipinski definition) is 3. The average molecular weight is 428 g/mol. The topological polar surface area (TPSA) is 69.9 Å². The molecule has 0 heterocycles. The summed E-state index contributed by atoms with van der Waals surface area (Å²) in [4.78, 5) is 0. The summed E-state index contributed by atoms with van der Waals surface area (Å²) in [6.45, 7) is 1.76. The van der Waals surface area contributed by atoms with Crippen molar-refractivity contribution in [2.75, 3.05) is 6.61 Å². The van der Waals surface area contributed by atoms with Crippen LogP contribution < -0.4 is 4.74 Å². The average Bonchev–Trinajstić information content (AvgIpc) is 2.67. The van der Waals surface area contributed by atoms with Crippen LogP contribution in [0.4, 0.5) is 22.0 Å². The molecule has 168 valence electrons. The first-order chi connectivity index (χ1) is 13.6. The molecule has 1 aromatic carbocycles. The Balaban J connectivity index is 2.44. The second-order valence-electron chi connectivity index (χ2n) is 7.18. The molecule has 0 amide bonds. The molecule has 0 bridgehead atoms. The number of benzene rings is 1. The van der Waals surface area contributed by atoms with E-state index in [0.717, 1.165) is 32.1 Å². The largest absolute Gasteiger partial charge is 0.487 e. The number of ether oxygens (including phenoxy) is 1. The van der Waals surface area contributed by atoms with E-state index < -0.39 is 46.7 Å². The third-order valence-corrected chi connectivity index (χ3v) is 4.82. The molecule has 0 radical (unpaired) electrons. The van der Waals surface area contributed by atoms with Gasteiger partial charge in [-0.15, -0.1) is 0 Å². The predicted octanol–water partition coefficient (Wildman–Crippen LogP) is 4.93. The molecule has 9 heteroatoms. The van der Waals surface area contributed by atoms with Crippen molar-refractivity contribution < 1.29 is 42.0 Å². The smallest absolute Gasteiger partial charge is 0.278 e. The van der Waals surface area contributed by atoms with Crippen molar-refractivity contribution in [1.82, 2.24) is 0 Å². The molecule has 0 saturated carbocycles. The van der Waals surface area contributed by atoms with Gasteiger partial charge in [0.2, 0.25) is 29.1 Å². The zero-order chi connectivity index (χ0) is 22.0. The van der Waals surface area contributed by atoms with Gasteiger partial charge in [0.05, 0.1) is 6.61 Å². The van der Waals surface area contributed by atoms with Crippen LogP contribution in [-0.2, 0) is 0 Å². The van der Waals surface area contributed by atoms with Crippen molar-refractivity contribution in [1.29, 1.82) is 0 Å². The Morgan fingerprint density at radius 1 is 0.690 bits per heavy atom. The van der Waals surface area contributed by atoms with Gasteiger partial charge < -0.3 is 20.1 Å². The quantitative estimate of drug-likeness (QED) is 0.129. The van der Waals surface area contributed by atoms with Crippen LogP contribution in [0.3, 0.4) is 0 Å². The lowest BCUT2D eigenvalue weighted by Crippen LogP contribution is -2.37. The summed E-state index contributed by atoms with van der Waals surface area (Å²) in [5, 5.41) is 28.4. The maximum Gasteiger partial charge on any atom is 0.278 e. The van der Waals surface area contributed by atoms with Crippen LogP contribution in [-0.4, -0.2) is 27.9 Å². The third kappa shape index (κ3) is 8.06. The molecule has 0 aliphatic carbocycles. The highest BCUT2D eigenvalue weighted by atomic mass is 19.2. The first-order valence-corrected chi connectivity index (χ1v) is 9.92. The lowest BCUT2D eigenvalue weighted by atomic mass is 9.93. The number of rotatable bonds is 14. The Morgan fingerprint density at radius 3 is 1.66 bits per heavy atom. The van der Waals surface area contributed by atoms with Gasteiger partial charge in [-0.2, -0.15) is 8.78 Å². The fraction of sp³-hybridized carbons (Fsp3) is 0.700. The molecule has 1 atom stereocenters. The summed E-state index contributed by atoms with van der Waals surface area (Å²) in [7, 11) is 0. The van der Waals surface area contributed by atoms with Gasteiger partial charge in [0.15, 0.2) is 5.75 Å². The van der Waals surface area contributed by atoms with Crippen LogP contribution in [0.2, 0.25) is 0 Å². The number of hydrogen-bond acceptors (Lipinski definition) is 4. The van der Waals surface area contributed by atoms with Gasteiger partial charge in [0.1, 0.15) is 0 Å². The molecule has 1 aromatic rings. The molecule has 1 rings (SSSR count). The summed E-state index contributed by atoms with van der Waals surface area (Å²) in [6, 6.07) is 0. The fourth-order valence-electron chi connectivity index (χ4n) is 3.08. The first kappa shape index (κ1) is 25.6. The van der Waals surface area contributed by atoms with Crippen LogP contribution in [0.15, 0.2) is 0 Å². The second-order valence-corrected chi connectivity index (χ2v) is 7.18. The van der Waals surface area contributed by atoms with Crippen LogP contribution in [0.1, 0.15) is 71.1 Å². The van der Waals surface area contributed by atoms with Crippen molar-refractivity contribution in [3.05, 3.63) is 29.1 Å². The highest BCUT2D eigenvalue weighted by Crippen LogP contribution is 2.30. The zero-order valence-electron chi connectivity index (χ0n) is 16.5. The molecule has 0 fully saturated rings. The zero-order valence-corrected chi connectivity index (χ0v) is 16.5. The lowest BCUT2D eigenvalue weighted by Gasteiger charge is -2.26. The molecule has 0 saturated heterocycles. The second kappa shape index (κ2) is 12.3. The number of halogens is 5. The molecular weight excluding hydrogens is 399 g/mol. The third-order valence-electron chi connectivity index (χ3n) is 4.82. The first-order valence-electron chi connectivity index (χ1n) is 9.92. The molecule has 3 N–H and O–H groups in total. The Morgan fingerprint density at radius 2 is 1.14 bits per heavy atom. The predicted molar refractivity (Wildman–Crippen MR) is 96.4 cm³/mol. The Bertz CT molecular complexity index is 605. The summed E-state index contributed by atoms with van der Waals surface area (Å²) in [6.07, 6.45) is 6.99. The van der Waals surface area contributed by atoms with Crippen molar-refractivity contribution in [3.8, 4) is 5.75 Å². The van der Waals surface area contributed by atoms with Crippen LogP contribution in [0.25, 0.3) is 0 Å². The highest BCUT2D eigenvalue weighted by molar-refractivity contribution is 5.29. The van der Waals surface area contributed by atoms with E-state index in [4.69, 9.17) is 4.74 Å². The summed E-state index contributed by atoms with van der Waals surface area (Å²) < 4.78 is 70.9. The normalized spacial score (nSPS) is 13.0. The molecule has 0 aliphatic rings. The summed E-state index contributed by atoms with van der Waals surface area (Å²) in [5.41, 5.74) is 0. The van der Waals surface area contributed by atoms with Gasteiger partial charge in [-0.25, -0.2) is 13.2 Å². The summed E-state index contributed by atoms with van der Waals surface area (Å²) >= 11 is 0. The van der Waals surface area contributed by atoms with Gasteiger partial charge in [-0.3, -0.25) is 0 Å². The minimum absolute atomic E-state index is 0.155. The van der Waals surface area contributed by atoms with Gasteiger partial charge in [-0.1, -0.05) is 45.4 Å². The maximum absolute atomic E-state index is 13.5. The van der Waals surface area contributed by atoms with E-state index in [2.05, 4.69) is 6.92 Å². The van der Waals surface area contributed by atoms with Crippen LogP contribution in [0.5, 0.6) is 5.75 Å². The minimum Gasteiger partial charge on any atom is -0.487 e. The highest BCUT2D eigenvalue weighted by Gasteiger charge is 2.31. The minimum atomic E-state index is -2.84. The van der Waals surface area contributed by atoms with Crippen molar-refractivity contribution in [2.24, 2.45) is 5.92 Å². The standard InChI is InChI=1S/C20H29F5O4/c1-2-3-4-5-6-7-10-13(20(26,27)28)11-8-9-12-29-19-17(24)15(22)14(21)16(23)18(19)25/h13,26-28H,2-12H2,1H3. The lowest BCUT2D eigenvalue weighted by molar-refractivity contribution is -0.344. The molecular formula is C20H29F5O4. The van der Waals surface area contributed by atoms with E-state index in [-0.39, 0.29) is 19.4 Å². The maximum atomic E-state index is 13.5. The molecule has 4 nitrogen and oxygen atoms in total. The van der Waals surface area contributed by atoms with Gasteiger partial charge in [-0.05, 0) is 25.7 Å². The Hall–Kier alpha value is -1.45. The van der Waals surface area contributed by atoms with E-state index >= 15 is 0 Å². The van der Waals surface area contributed by atoms with Crippen LogP contribution in [0, 0.1) is 35.0 Å². The molecule has 0 aliphatic heterocycles. The molecule has 1 unspecified atom stereocenters. The fourth-order valence-corrected chi connectivity index (χ4v) is 3.08. The van der Waals surface area contributed by atoms with Crippen molar-refractivity contribution >= 4 is 0 Å². The van der Waals surface area contributed by atoms with Crippen molar-refractivity contribution in [3.63, 3.8) is 0 Å². The Labute approximate surface area is 167 Å². The number of aliphatic hydroxyl groups is 3. The van der Waals surface area contributed by atoms with Crippen molar-refractivity contribution in [2.45, 2.75) is 77.1 Å². The van der Waals surface area contributed by atoms with Gasteiger partial charge in [0.25, 0.3) is 5.97 Å². The molecule has 29 heavy (non-hydrogen) atoms. The SMILES string of the molecule is CCCCCCCCC(CCCCOc1c(F)c(F)c(F)c(F)c1F)C(O)(O)O. The van der Waals surface area contributed by atoms with E-state index in [1.807, 2.05) is 0 Å². The monoisotopic (exact) mass is 428 g/mol. The summed E-state index contributed by atoms with van der Waals surface area (Å²) in [5.74, 6) is -15.5. The van der Waals surface area contributed by atoms with E-state index in [1.54, 1.807) is 0 Å². The van der Waals surface area contributed by atoms with E-state index in [9.17, 15) is 37.3 Å². The van der Waals surface area contributed by atoms with E-state index in [0.29, 0.717) is 19.3 Å². The van der Waals surface area contributed by atoms with E-state index in [1.165, 1.54) is 0 Å². The number of unbranched alkanes of at least 4 members (excludes halogenated alkanes) is 6. The van der Waals surface area contributed by atoms with Gasteiger partial charge in [0, 0.05) is 5.92 Å². The Kier molecular flexibility index (Phi) is 10.8.